The van der Waals surface area contributed by atoms with E-state index in [-0.39, 0.29) is 17.0 Å². The summed E-state index contributed by atoms with van der Waals surface area (Å²) in [6, 6.07) is 16.7. The van der Waals surface area contributed by atoms with Crippen LogP contribution >= 0.6 is 0 Å². The Balaban J connectivity index is 1.58. The summed E-state index contributed by atoms with van der Waals surface area (Å²) in [7, 11) is 1.65. The van der Waals surface area contributed by atoms with Crippen LogP contribution in [0.4, 0.5) is 0 Å². The van der Waals surface area contributed by atoms with E-state index in [0.29, 0.717) is 24.5 Å². The minimum atomic E-state index is -0.406. The molecule has 0 bridgehead atoms. The Morgan fingerprint density at radius 3 is 2.64 bits per heavy atom. The predicted octanol–water partition coefficient (Wildman–Crippen LogP) is 4.08. The number of para-hydroxylation sites is 3. The van der Waals surface area contributed by atoms with Crippen molar-refractivity contribution in [3.05, 3.63) is 93.2 Å². The lowest BCUT2D eigenvalue weighted by Gasteiger charge is -2.19. The van der Waals surface area contributed by atoms with E-state index in [1.807, 2.05) is 73.9 Å². The average Bonchev–Trinajstić information content (AvgIpc) is 3.23. The van der Waals surface area contributed by atoms with Gasteiger partial charge in [0.05, 0.1) is 24.2 Å². The van der Waals surface area contributed by atoms with E-state index in [9.17, 15) is 9.59 Å². The van der Waals surface area contributed by atoms with Gasteiger partial charge in [0.2, 0.25) is 0 Å². The van der Waals surface area contributed by atoms with Gasteiger partial charge in [0.1, 0.15) is 17.1 Å². The first-order valence-corrected chi connectivity index (χ1v) is 11.0. The molecule has 4 rings (SSSR count). The molecule has 7 nitrogen and oxygen atoms in total. The summed E-state index contributed by atoms with van der Waals surface area (Å²) < 4.78 is 7.46. The molecule has 0 unspecified atom stereocenters. The van der Waals surface area contributed by atoms with Gasteiger partial charge >= 0.3 is 0 Å². The quantitative estimate of drug-likeness (QED) is 0.449. The van der Waals surface area contributed by atoms with Gasteiger partial charge in [-0.05, 0) is 51.0 Å². The number of imidazole rings is 1. The highest BCUT2D eigenvalue weighted by Crippen LogP contribution is 2.20. The molecule has 2 heterocycles. The molecule has 2 aromatic heterocycles. The number of nitrogens with zero attached hydrogens (tertiary/aromatic N) is 2. The molecule has 0 aliphatic carbocycles. The molecular formula is C26H28N4O3. The molecule has 1 atom stereocenters. The smallest absolute Gasteiger partial charge is 0.257 e. The number of rotatable bonds is 7. The van der Waals surface area contributed by atoms with Crippen LogP contribution in [0.5, 0.6) is 5.75 Å². The first kappa shape index (κ1) is 22.3. The number of hydrogen-bond donors (Lipinski definition) is 2. The molecule has 2 N–H and O–H groups in total. The normalized spacial score (nSPS) is 12.0. The number of aryl methyl sites for hydroxylation is 2. The van der Waals surface area contributed by atoms with Crippen molar-refractivity contribution >= 4 is 16.9 Å². The Labute approximate surface area is 192 Å². The van der Waals surface area contributed by atoms with Crippen LogP contribution in [0.1, 0.15) is 46.1 Å². The van der Waals surface area contributed by atoms with Crippen LogP contribution in [0.2, 0.25) is 0 Å². The van der Waals surface area contributed by atoms with E-state index in [1.165, 1.54) is 6.07 Å². The number of methoxy groups -OCH3 is 1. The van der Waals surface area contributed by atoms with E-state index >= 15 is 0 Å². The molecule has 7 heteroatoms. The lowest BCUT2D eigenvalue weighted by atomic mass is 10.1. The molecule has 0 aliphatic heterocycles. The van der Waals surface area contributed by atoms with Gasteiger partial charge in [-0.2, -0.15) is 0 Å². The first-order chi connectivity index (χ1) is 15.9. The minimum absolute atomic E-state index is 0.156. The summed E-state index contributed by atoms with van der Waals surface area (Å²) in [5.41, 5.74) is 4.13. The van der Waals surface area contributed by atoms with Crippen LogP contribution in [0, 0.1) is 13.8 Å². The third-order valence-corrected chi connectivity index (χ3v) is 5.97. The summed E-state index contributed by atoms with van der Waals surface area (Å²) in [6.45, 7) is 6.17. The summed E-state index contributed by atoms with van der Waals surface area (Å²) in [4.78, 5) is 33.7. The first-order valence-electron chi connectivity index (χ1n) is 11.0. The van der Waals surface area contributed by atoms with Gasteiger partial charge < -0.3 is 19.6 Å². The summed E-state index contributed by atoms with van der Waals surface area (Å²) in [5, 5.41) is 2.93. The van der Waals surface area contributed by atoms with Gasteiger partial charge in [0.25, 0.3) is 5.91 Å². The standard InChI is InChI=1S/C26H28N4O3/c1-16-15-22(31)24(18(3)30(16)14-13-19-9-5-8-12-23(19)33-4)26(32)27-17(2)25-28-20-10-6-7-11-21(20)29-25/h5-12,15,17H,13-14H2,1-4H3,(H,27,32)(H,28,29)/t17-/m1/s1. The van der Waals surface area contributed by atoms with Gasteiger partial charge in [-0.15, -0.1) is 0 Å². The fourth-order valence-electron chi connectivity index (χ4n) is 4.19. The third kappa shape index (κ3) is 4.53. The summed E-state index contributed by atoms with van der Waals surface area (Å²) in [5.74, 6) is 1.06. The van der Waals surface area contributed by atoms with Crippen molar-refractivity contribution in [3.63, 3.8) is 0 Å². The largest absolute Gasteiger partial charge is 0.496 e. The summed E-state index contributed by atoms with van der Waals surface area (Å²) >= 11 is 0. The Bertz CT molecular complexity index is 1340. The number of amides is 1. The van der Waals surface area contributed by atoms with Gasteiger partial charge in [-0.3, -0.25) is 9.59 Å². The third-order valence-electron chi connectivity index (χ3n) is 5.97. The highest BCUT2D eigenvalue weighted by Gasteiger charge is 2.21. The highest BCUT2D eigenvalue weighted by molar-refractivity contribution is 5.95. The number of aromatic nitrogens is 3. The Kier molecular flexibility index (Phi) is 6.31. The van der Waals surface area contributed by atoms with Crippen molar-refractivity contribution in [2.75, 3.05) is 7.11 Å². The van der Waals surface area contributed by atoms with Crippen LogP contribution in [0.15, 0.2) is 59.4 Å². The molecular weight excluding hydrogens is 416 g/mol. The predicted molar refractivity (Wildman–Crippen MR) is 129 cm³/mol. The van der Waals surface area contributed by atoms with Gasteiger partial charge in [-0.1, -0.05) is 30.3 Å². The molecule has 0 fully saturated rings. The molecule has 2 aromatic carbocycles. The van der Waals surface area contributed by atoms with Gasteiger partial charge in [-0.25, -0.2) is 4.98 Å². The van der Waals surface area contributed by atoms with Gasteiger partial charge in [0.15, 0.2) is 5.43 Å². The Morgan fingerprint density at radius 1 is 1.15 bits per heavy atom. The van der Waals surface area contributed by atoms with E-state index in [1.54, 1.807) is 7.11 Å². The SMILES string of the molecule is COc1ccccc1CCn1c(C)cc(=O)c(C(=O)N[C@H](C)c2nc3ccccc3[nH]2)c1C. The van der Waals surface area contributed by atoms with Gasteiger partial charge in [0, 0.05) is 24.0 Å². The maximum Gasteiger partial charge on any atom is 0.257 e. The van der Waals surface area contributed by atoms with Crippen molar-refractivity contribution < 1.29 is 9.53 Å². The van der Waals surface area contributed by atoms with E-state index < -0.39 is 5.91 Å². The zero-order chi connectivity index (χ0) is 23.5. The number of carbonyl (C=O) groups excluding carboxylic acids is 1. The molecule has 170 valence electrons. The van der Waals surface area contributed by atoms with Crippen molar-refractivity contribution in [1.82, 2.24) is 19.9 Å². The number of benzene rings is 2. The molecule has 0 spiro atoms. The molecule has 0 aliphatic rings. The molecule has 0 radical (unpaired) electrons. The number of H-pyrrole nitrogens is 1. The monoisotopic (exact) mass is 444 g/mol. The van der Waals surface area contributed by atoms with Crippen LogP contribution < -0.4 is 15.5 Å². The van der Waals surface area contributed by atoms with Crippen molar-refractivity contribution in [3.8, 4) is 5.75 Å². The van der Waals surface area contributed by atoms with Crippen LogP contribution in [-0.4, -0.2) is 27.6 Å². The van der Waals surface area contributed by atoms with E-state index in [2.05, 4.69) is 15.3 Å². The number of aromatic amines is 1. The fourth-order valence-corrected chi connectivity index (χ4v) is 4.19. The van der Waals surface area contributed by atoms with E-state index in [4.69, 9.17) is 4.74 Å². The average molecular weight is 445 g/mol. The fraction of sp³-hybridized carbons (Fsp3) is 0.269. The molecule has 33 heavy (non-hydrogen) atoms. The number of ether oxygens (including phenoxy) is 1. The lowest BCUT2D eigenvalue weighted by molar-refractivity contribution is 0.0935. The second-order valence-corrected chi connectivity index (χ2v) is 8.16. The summed E-state index contributed by atoms with van der Waals surface area (Å²) in [6.07, 6.45) is 0.713. The maximum atomic E-state index is 13.1. The number of fused-ring (bicyclic) bond motifs is 1. The zero-order valence-corrected chi connectivity index (χ0v) is 19.3. The Morgan fingerprint density at radius 2 is 1.88 bits per heavy atom. The molecule has 0 saturated carbocycles. The van der Waals surface area contributed by atoms with Crippen molar-refractivity contribution in [1.29, 1.82) is 0 Å². The van der Waals surface area contributed by atoms with Crippen LogP contribution in [-0.2, 0) is 13.0 Å². The Hall–Kier alpha value is -3.87. The van der Waals surface area contributed by atoms with Crippen LogP contribution in [0.3, 0.4) is 0 Å². The maximum absolute atomic E-state index is 13.1. The second-order valence-electron chi connectivity index (χ2n) is 8.16. The second kappa shape index (κ2) is 9.32. The molecule has 4 aromatic rings. The van der Waals surface area contributed by atoms with E-state index in [0.717, 1.165) is 28.0 Å². The van der Waals surface area contributed by atoms with Crippen LogP contribution in [0.25, 0.3) is 11.0 Å². The number of carbonyl (C=O) groups is 1. The van der Waals surface area contributed by atoms with Crippen molar-refractivity contribution in [2.45, 2.75) is 39.8 Å². The molecule has 0 saturated heterocycles. The number of hydrogen-bond acceptors (Lipinski definition) is 4. The minimum Gasteiger partial charge on any atom is -0.496 e. The van der Waals surface area contributed by atoms with Crippen molar-refractivity contribution in [2.24, 2.45) is 0 Å². The lowest BCUT2D eigenvalue weighted by Crippen LogP contribution is -2.34. The topological polar surface area (TPSA) is 89.0 Å². The highest BCUT2D eigenvalue weighted by atomic mass is 16.5. The number of pyridine rings is 1. The molecule has 1 amide bonds. The zero-order valence-electron chi connectivity index (χ0n) is 19.3. The number of nitrogens with one attached hydrogen (secondary N) is 2.